The van der Waals surface area contributed by atoms with Crippen molar-refractivity contribution in [3.63, 3.8) is 0 Å². The maximum absolute atomic E-state index is 10.9. The van der Waals surface area contributed by atoms with Gasteiger partial charge in [0, 0.05) is 19.0 Å². The van der Waals surface area contributed by atoms with E-state index in [4.69, 9.17) is 5.11 Å². The van der Waals surface area contributed by atoms with E-state index in [0.29, 0.717) is 0 Å². The summed E-state index contributed by atoms with van der Waals surface area (Å²) in [5, 5.41) is 23.7. The van der Waals surface area contributed by atoms with Crippen molar-refractivity contribution in [2.45, 2.75) is 44.2 Å². The molecule has 6 heteroatoms. The molecule has 0 bridgehead atoms. The van der Waals surface area contributed by atoms with Crippen LogP contribution in [0.3, 0.4) is 0 Å². The number of hydrogen-bond acceptors (Lipinski definition) is 4. The van der Waals surface area contributed by atoms with Gasteiger partial charge in [-0.15, -0.1) is 0 Å². The molecule has 0 aliphatic heterocycles. The van der Waals surface area contributed by atoms with Crippen molar-refractivity contribution >= 4 is 11.9 Å². The first-order valence-corrected chi connectivity index (χ1v) is 5.85. The van der Waals surface area contributed by atoms with Crippen LogP contribution in [0.2, 0.25) is 0 Å². The van der Waals surface area contributed by atoms with E-state index in [-0.39, 0.29) is 24.6 Å². The van der Waals surface area contributed by atoms with Crippen LogP contribution in [0.25, 0.3) is 0 Å². The predicted molar refractivity (Wildman–Crippen MR) is 61.5 cm³/mol. The number of hydrogen-bond donors (Lipinski definition) is 4. The summed E-state index contributed by atoms with van der Waals surface area (Å²) < 4.78 is 0. The lowest BCUT2D eigenvalue weighted by molar-refractivity contribution is -0.141. The standard InChI is InChI=1S/C11H20N2O4/c1-8(15)13-9(10(16)17)6-12-11(7-14)4-2-3-5-11/h9,12,14H,2-7H2,1H3,(H,13,15)(H,16,17). The van der Waals surface area contributed by atoms with Gasteiger partial charge in [-0.2, -0.15) is 0 Å². The number of amides is 1. The molecule has 1 unspecified atom stereocenters. The zero-order chi connectivity index (χ0) is 12.9. The molecule has 17 heavy (non-hydrogen) atoms. The fraction of sp³-hybridized carbons (Fsp3) is 0.818. The Morgan fingerprint density at radius 1 is 1.35 bits per heavy atom. The third kappa shape index (κ3) is 3.98. The lowest BCUT2D eigenvalue weighted by atomic mass is 9.98. The Morgan fingerprint density at radius 3 is 2.35 bits per heavy atom. The molecule has 98 valence electrons. The van der Waals surface area contributed by atoms with E-state index < -0.39 is 12.0 Å². The first kappa shape index (κ1) is 13.9. The Balaban J connectivity index is 2.50. The number of carboxylic acid groups (broad SMARTS) is 1. The fourth-order valence-electron chi connectivity index (χ4n) is 2.21. The first-order chi connectivity index (χ1) is 7.99. The predicted octanol–water partition coefficient (Wildman–Crippen LogP) is -0.530. The maximum atomic E-state index is 10.9. The van der Waals surface area contributed by atoms with Gasteiger partial charge >= 0.3 is 5.97 Å². The Morgan fingerprint density at radius 2 is 1.94 bits per heavy atom. The summed E-state index contributed by atoms with van der Waals surface area (Å²) in [6.45, 7) is 1.42. The molecule has 0 aromatic rings. The summed E-state index contributed by atoms with van der Waals surface area (Å²) in [6.07, 6.45) is 3.75. The van der Waals surface area contributed by atoms with Gasteiger partial charge in [-0.1, -0.05) is 12.8 Å². The molecule has 1 aliphatic rings. The third-order valence-electron chi connectivity index (χ3n) is 3.22. The van der Waals surface area contributed by atoms with Crippen LogP contribution >= 0.6 is 0 Å². The Hall–Kier alpha value is -1.14. The molecule has 0 heterocycles. The number of aliphatic hydroxyl groups is 1. The normalized spacial score (nSPS) is 19.9. The highest BCUT2D eigenvalue weighted by atomic mass is 16.4. The first-order valence-electron chi connectivity index (χ1n) is 5.85. The summed E-state index contributed by atoms with van der Waals surface area (Å²) in [7, 11) is 0. The zero-order valence-corrected chi connectivity index (χ0v) is 10.0. The van der Waals surface area contributed by atoms with Gasteiger partial charge in [0.05, 0.1) is 6.61 Å². The van der Waals surface area contributed by atoms with Crippen LogP contribution in [0.1, 0.15) is 32.6 Å². The van der Waals surface area contributed by atoms with Gasteiger partial charge in [-0.05, 0) is 12.8 Å². The Bertz CT molecular complexity index is 287. The SMILES string of the molecule is CC(=O)NC(CNC1(CO)CCCC1)C(=O)O. The summed E-state index contributed by atoms with van der Waals surface area (Å²) in [4.78, 5) is 21.8. The highest BCUT2D eigenvalue weighted by Gasteiger charge is 2.34. The highest BCUT2D eigenvalue weighted by molar-refractivity contribution is 5.82. The van der Waals surface area contributed by atoms with E-state index in [1.165, 1.54) is 6.92 Å². The number of aliphatic hydroxyl groups excluding tert-OH is 1. The molecule has 0 saturated heterocycles. The van der Waals surface area contributed by atoms with Crippen molar-refractivity contribution in [2.75, 3.05) is 13.2 Å². The van der Waals surface area contributed by atoms with Gasteiger partial charge in [0.15, 0.2) is 0 Å². The number of carbonyl (C=O) groups excluding carboxylic acids is 1. The number of aliphatic carboxylic acids is 1. The Kier molecular flexibility index (Phi) is 4.89. The van der Waals surface area contributed by atoms with Crippen LogP contribution in [0, 0.1) is 0 Å². The molecule has 0 aromatic heterocycles. The zero-order valence-electron chi connectivity index (χ0n) is 10.0. The highest BCUT2D eigenvalue weighted by Crippen LogP contribution is 2.28. The topological polar surface area (TPSA) is 98.7 Å². The van der Waals surface area contributed by atoms with E-state index in [9.17, 15) is 14.7 Å². The molecule has 1 saturated carbocycles. The van der Waals surface area contributed by atoms with Crippen LogP contribution in [0.15, 0.2) is 0 Å². The van der Waals surface area contributed by atoms with Crippen LogP contribution in [0.5, 0.6) is 0 Å². The molecule has 0 radical (unpaired) electrons. The summed E-state index contributed by atoms with van der Waals surface area (Å²) in [5.74, 6) is -1.44. The average molecular weight is 244 g/mol. The molecule has 1 fully saturated rings. The van der Waals surface area contributed by atoms with Gasteiger partial charge in [-0.25, -0.2) is 4.79 Å². The molecule has 1 aliphatic carbocycles. The van der Waals surface area contributed by atoms with Crippen molar-refractivity contribution in [1.82, 2.24) is 10.6 Å². The van der Waals surface area contributed by atoms with Crippen LogP contribution in [0.4, 0.5) is 0 Å². The fourth-order valence-corrected chi connectivity index (χ4v) is 2.21. The second-order valence-corrected chi connectivity index (χ2v) is 4.62. The Labute approximate surface area is 100 Å². The monoisotopic (exact) mass is 244 g/mol. The molecule has 1 amide bonds. The number of rotatable bonds is 6. The molecule has 4 N–H and O–H groups in total. The van der Waals surface area contributed by atoms with E-state index in [2.05, 4.69) is 10.6 Å². The quantitative estimate of drug-likeness (QED) is 0.503. The molecule has 0 spiro atoms. The summed E-state index contributed by atoms with van der Waals surface area (Å²) in [6, 6.07) is -0.948. The van der Waals surface area contributed by atoms with E-state index in [0.717, 1.165) is 25.7 Å². The second-order valence-electron chi connectivity index (χ2n) is 4.62. The smallest absolute Gasteiger partial charge is 0.327 e. The third-order valence-corrected chi connectivity index (χ3v) is 3.22. The van der Waals surface area contributed by atoms with Crippen LogP contribution in [-0.2, 0) is 9.59 Å². The molecule has 1 rings (SSSR count). The lowest BCUT2D eigenvalue weighted by Gasteiger charge is -2.29. The minimum atomic E-state index is -1.07. The molecule has 0 aromatic carbocycles. The van der Waals surface area contributed by atoms with Gasteiger partial charge < -0.3 is 20.8 Å². The summed E-state index contributed by atoms with van der Waals surface area (Å²) in [5.41, 5.74) is -0.369. The van der Waals surface area contributed by atoms with Gasteiger partial charge in [0.25, 0.3) is 0 Å². The average Bonchev–Trinajstić information content (AvgIpc) is 2.73. The molecular formula is C11H20N2O4. The number of nitrogens with one attached hydrogen (secondary N) is 2. The van der Waals surface area contributed by atoms with Crippen molar-refractivity contribution in [1.29, 1.82) is 0 Å². The van der Waals surface area contributed by atoms with E-state index in [1.54, 1.807) is 0 Å². The molecular weight excluding hydrogens is 224 g/mol. The van der Waals surface area contributed by atoms with E-state index in [1.807, 2.05) is 0 Å². The molecule has 1 atom stereocenters. The maximum Gasteiger partial charge on any atom is 0.327 e. The minimum absolute atomic E-state index is 0.000585. The van der Waals surface area contributed by atoms with Crippen molar-refractivity contribution < 1.29 is 19.8 Å². The minimum Gasteiger partial charge on any atom is -0.480 e. The van der Waals surface area contributed by atoms with E-state index >= 15 is 0 Å². The van der Waals surface area contributed by atoms with Gasteiger partial charge in [-0.3, -0.25) is 4.79 Å². The molecule has 6 nitrogen and oxygen atoms in total. The second kappa shape index (κ2) is 5.97. The van der Waals surface area contributed by atoms with Crippen LogP contribution < -0.4 is 10.6 Å². The summed E-state index contributed by atoms with van der Waals surface area (Å²) >= 11 is 0. The van der Waals surface area contributed by atoms with Crippen molar-refractivity contribution in [3.8, 4) is 0 Å². The largest absolute Gasteiger partial charge is 0.480 e. The van der Waals surface area contributed by atoms with Crippen LogP contribution in [-0.4, -0.2) is 46.8 Å². The van der Waals surface area contributed by atoms with Gasteiger partial charge in [0.1, 0.15) is 6.04 Å². The lowest BCUT2D eigenvalue weighted by Crippen LogP contribution is -2.54. The van der Waals surface area contributed by atoms with Gasteiger partial charge in [0.2, 0.25) is 5.91 Å². The number of carboxylic acids is 1. The van der Waals surface area contributed by atoms with Crippen molar-refractivity contribution in [2.24, 2.45) is 0 Å². The van der Waals surface area contributed by atoms with Crippen molar-refractivity contribution in [3.05, 3.63) is 0 Å². The number of carbonyl (C=O) groups is 2.